The molecule has 0 fully saturated rings. The number of ether oxygens (including phenoxy) is 1. The summed E-state index contributed by atoms with van der Waals surface area (Å²) in [6, 6.07) is 65.3. The van der Waals surface area contributed by atoms with Gasteiger partial charge in [-0.15, -0.1) is 48.1 Å². The van der Waals surface area contributed by atoms with Crippen LogP contribution >= 0.6 is 0 Å². The van der Waals surface area contributed by atoms with Crippen molar-refractivity contribution in [1.82, 2.24) is 9.55 Å². The average Bonchev–Trinajstić information content (AvgIpc) is 3.86. The molecule has 13 rings (SSSR count). The van der Waals surface area contributed by atoms with E-state index in [9.17, 15) is 0 Å². The minimum Gasteiger partial charge on any atom is -0.509 e. The number of benzene rings is 7. The van der Waals surface area contributed by atoms with Gasteiger partial charge < -0.3 is 19.1 Å². The molecule has 57 heavy (non-hydrogen) atoms. The predicted molar refractivity (Wildman–Crippen MR) is 222 cm³/mol. The first kappa shape index (κ1) is 32.8. The molecule has 0 amide bonds. The minimum absolute atomic E-state index is 0. The van der Waals surface area contributed by atoms with Crippen molar-refractivity contribution in [3.05, 3.63) is 222 Å². The number of para-hydroxylation sites is 4. The van der Waals surface area contributed by atoms with E-state index in [1.54, 1.807) is 0 Å². The standard InChI is InChI=1S/C51H31N4O.Pt/c1-2-13-32(14-3-1)53-31-54(45-24-11-10-23-44(45)53)33-15-12-16-34(29-33)56-35-25-26-37-36-17-6-9-22-43(36)55(46(37)30-35)50-47-40(27-28-52-50)48-38-18-4-7-20-41(38)51(48)42-21-8-5-19-39(42)49(47)51;/h1-28,31,48-49H;/q-3;. The Morgan fingerprint density at radius 3 is 2.07 bits per heavy atom. The largest absolute Gasteiger partial charge is 0.509 e. The Morgan fingerprint density at radius 1 is 0.561 bits per heavy atom. The van der Waals surface area contributed by atoms with Gasteiger partial charge in [0.05, 0.1) is 0 Å². The molecule has 3 heterocycles. The maximum atomic E-state index is 6.65. The number of rotatable bonds is 5. The Morgan fingerprint density at radius 2 is 1.25 bits per heavy atom. The Hall–Kier alpha value is -6.42. The first-order valence-corrected chi connectivity index (χ1v) is 19.2. The molecule has 6 heteroatoms. The molecule has 5 nitrogen and oxygen atoms in total. The van der Waals surface area contributed by atoms with Crippen LogP contribution in [0.4, 0.5) is 22.7 Å². The molecule has 1 aliphatic heterocycles. The van der Waals surface area contributed by atoms with Gasteiger partial charge in [0.25, 0.3) is 0 Å². The van der Waals surface area contributed by atoms with Gasteiger partial charge in [-0.05, 0) is 69.6 Å². The number of pyridine rings is 1. The quantitative estimate of drug-likeness (QED) is 0.161. The summed E-state index contributed by atoms with van der Waals surface area (Å²) in [4.78, 5) is 9.61. The molecule has 2 aromatic heterocycles. The maximum absolute atomic E-state index is 6.65. The number of aromatic nitrogens is 2. The van der Waals surface area contributed by atoms with Crippen LogP contribution in [0.5, 0.6) is 11.5 Å². The SMILES string of the molecule is [Pt].[c-]1c(Oc2[c-]c3c(cc2)c2ccccc2n3-c2nccc3c2C2c4ccccc4C24c2ccccc2C34)cccc1N1[CH-]N(c2ccccc2)c2ccccc21. The molecule has 3 aliphatic carbocycles. The monoisotopic (exact) mass is 910 g/mol. The van der Waals surface area contributed by atoms with E-state index in [0.29, 0.717) is 17.4 Å². The maximum Gasteiger partial charge on any atom is 0.139 e. The van der Waals surface area contributed by atoms with Crippen molar-refractivity contribution in [3.8, 4) is 17.3 Å². The van der Waals surface area contributed by atoms with Gasteiger partial charge in [-0.25, -0.2) is 4.98 Å². The Kier molecular flexibility index (Phi) is 6.93. The molecular formula is C51H31N4OPt-3. The number of hydrogen-bond donors (Lipinski definition) is 0. The van der Waals surface area contributed by atoms with Gasteiger partial charge in [-0.3, -0.25) is 0 Å². The summed E-state index contributed by atoms with van der Waals surface area (Å²) in [5.74, 6) is 2.76. The second-order valence-electron chi connectivity index (χ2n) is 15.2. The van der Waals surface area contributed by atoms with Crippen molar-refractivity contribution in [2.45, 2.75) is 17.3 Å². The van der Waals surface area contributed by atoms with E-state index in [1.165, 1.54) is 33.4 Å². The summed E-state index contributed by atoms with van der Waals surface area (Å²) in [6.45, 7) is 2.12. The fourth-order valence-electron chi connectivity index (χ4n) is 10.5. The predicted octanol–water partition coefficient (Wildman–Crippen LogP) is 11.9. The van der Waals surface area contributed by atoms with Crippen molar-refractivity contribution in [3.63, 3.8) is 0 Å². The Labute approximate surface area is 344 Å². The van der Waals surface area contributed by atoms with Crippen LogP contribution in [0, 0.1) is 18.8 Å². The zero-order chi connectivity index (χ0) is 36.5. The summed E-state index contributed by atoms with van der Waals surface area (Å²) < 4.78 is 8.98. The third-order valence-electron chi connectivity index (χ3n) is 12.6. The minimum atomic E-state index is -0.0453. The molecule has 4 aliphatic rings. The van der Waals surface area contributed by atoms with E-state index in [-0.39, 0.29) is 32.4 Å². The van der Waals surface area contributed by atoms with Crippen LogP contribution in [0.3, 0.4) is 0 Å². The van der Waals surface area contributed by atoms with Gasteiger partial charge in [0, 0.05) is 84.2 Å². The first-order valence-electron chi connectivity index (χ1n) is 19.2. The van der Waals surface area contributed by atoms with Crippen LogP contribution in [-0.2, 0) is 26.5 Å². The number of anilines is 4. The van der Waals surface area contributed by atoms with E-state index < -0.39 is 0 Å². The molecule has 7 aromatic carbocycles. The normalized spacial score (nSPS) is 19.0. The molecule has 0 radical (unpaired) electrons. The number of hydrogen-bond acceptors (Lipinski definition) is 4. The van der Waals surface area contributed by atoms with E-state index in [2.05, 4.69) is 173 Å². The van der Waals surface area contributed by atoms with Crippen LogP contribution < -0.4 is 14.5 Å². The van der Waals surface area contributed by atoms with Gasteiger partial charge in [0.1, 0.15) is 5.82 Å². The molecule has 0 bridgehead atoms. The topological polar surface area (TPSA) is 33.5 Å². The molecule has 274 valence electrons. The van der Waals surface area contributed by atoms with E-state index in [4.69, 9.17) is 9.72 Å². The molecule has 1 spiro atoms. The van der Waals surface area contributed by atoms with Gasteiger partial charge in [-0.2, -0.15) is 12.1 Å². The van der Waals surface area contributed by atoms with Crippen molar-refractivity contribution >= 4 is 44.6 Å². The molecule has 3 atom stereocenters. The van der Waals surface area contributed by atoms with Gasteiger partial charge in [0.2, 0.25) is 0 Å². The molecule has 3 unspecified atom stereocenters. The zero-order valence-corrected chi connectivity index (χ0v) is 32.7. The van der Waals surface area contributed by atoms with E-state index >= 15 is 0 Å². The smallest absolute Gasteiger partial charge is 0.139 e. The van der Waals surface area contributed by atoms with Crippen molar-refractivity contribution in [1.29, 1.82) is 0 Å². The van der Waals surface area contributed by atoms with E-state index in [1.807, 2.05) is 30.5 Å². The van der Waals surface area contributed by atoms with Crippen molar-refractivity contribution in [2.75, 3.05) is 9.80 Å². The van der Waals surface area contributed by atoms with Crippen LogP contribution in [0.15, 0.2) is 170 Å². The second kappa shape index (κ2) is 12.0. The number of nitrogens with zero attached hydrogens (tertiary/aromatic N) is 4. The van der Waals surface area contributed by atoms with Crippen LogP contribution in [0.25, 0.3) is 27.6 Å². The zero-order valence-electron chi connectivity index (χ0n) is 30.4. The molecular weight excluding hydrogens is 880 g/mol. The summed E-state index contributed by atoms with van der Waals surface area (Å²) in [5, 5.41) is 2.28. The first-order chi connectivity index (χ1) is 27.8. The van der Waals surface area contributed by atoms with Gasteiger partial charge >= 0.3 is 0 Å². The third kappa shape index (κ3) is 4.25. The number of fused-ring (bicyclic) bond motifs is 11. The summed E-state index contributed by atoms with van der Waals surface area (Å²) in [5.41, 5.74) is 14.7. The Balaban J connectivity index is 0.00000356. The molecule has 0 saturated carbocycles. The third-order valence-corrected chi connectivity index (χ3v) is 12.6. The summed E-state index contributed by atoms with van der Waals surface area (Å²) in [7, 11) is 0. The average molecular weight is 911 g/mol. The summed E-state index contributed by atoms with van der Waals surface area (Å²) >= 11 is 0. The van der Waals surface area contributed by atoms with Gasteiger partial charge in [-0.1, -0.05) is 103 Å². The molecule has 0 N–H and O–H groups in total. The summed E-state index contributed by atoms with van der Waals surface area (Å²) in [6.07, 6.45) is 2.01. The Bertz CT molecular complexity index is 3100. The fourth-order valence-corrected chi connectivity index (χ4v) is 10.5. The van der Waals surface area contributed by atoms with E-state index in [0.717, 1.165) is 50.4 Å². The fraction of sp³-hybridized carbons (Fsp3) is 0.0588. The molecule has 0 saturated heterocycles. The van der Waals surface area contributed by atoms with Crippen molar-refractivity contribution in [2.24, 2.45) is 0 Å². The second-order valence-corrected chi connectivity index (χ2v) is 15.2. The molecule has 9 aromatic rings. The van der Waals surface area contributed by atoms with Gasteiger partial charge in [0.15, 0.2) is 0 Å². The van der Waals surface area contributed by atoms with Crippen LogP contribution in [0.2, 0.25) is 0 Å². The van der Waals surface area contributed by atoms with Crippen LogP contribution in [0.1, 0.15) is 45.2 Å². The van der Waals surface area contributed by atoms with Crippen LogP contribution in [-0.4, -0.2) is 9.55 Å². The van der Waals surface area contributed by atoms with Crippen molar-refractivity contribution < 1.29 is 25.8 Å².